The summed E-state index contributed by atoms with van der Waals surface area (Å²) in [5.41, 5.74) is 6.52. The van der Waals surface area contributed by atoms with Gasteiger partial charge in [0.25, 0.3) is 0 Å². The molecule has 5 aromatic rings. The average Bonchev–Trinajstić information content (AvgIpc) is 3.09. The molecule has 4 aromatic carbocycles. The maximum Gasteiger partial charge on any atom is 0.149 e. The van der Waals surface area contributed by atoms with Crippen LogP contribution >= 0.6 is 15.9 Å². The van der Waals surface area contributed by atoms with Crippen LogP contribution in [0, 0.1) is 0 Å². The fourth-order valence-corrected chi connectivity index (χ4v) is 3.96. The van der Waals surface area contributed by atoms with E-state index in [1.54, 1.807) is 0 Å². The molecule has 1 aromatic heterocycles. The second-order valence-corrected chi connectivity index (χ2v) is 7.20. The van der Waals surface area contributed by atoms with Crippen molar-refractivity contribution in [2.45, 2.75) is 0 Å². The Hall–Kier alpha value is -2.84. The van der Waals surface area contributed by atoms with Crippen LogP contribution in [0.1, 0.15) is 0 Å². The Morgan fingerprint density at radius 3 is 2.04 bits per heavy atom. The standard InChI is InChI=1S/C24H15BrO/c25-22-14-6-13-21-20-12-5-11-19(23(20)26-24(21)22)18-10-4-9-17(15-18)16-7-2-1-3-8-16/h1-15H. The zero-order valence-corrected chi connectivity index (χ0v) is 15.5. The molecule has 0 aliphatic rings. The molecule has 0 fully saturated rings. The van der Waals surface area contributed by atoms with Gasteiger partial charge in [-0.15, -0.1) is 0 Å². The Bertz CT molecular complexity index is 1240. The Balaban J connectivity index is 1.75. The van der Waals surface area contributed by atoms with Gasteiger partial charge < -0.3 is 4.42 Å². The first-order valence-corrected chi connectivity index (χ1v) is 9.36. The highest BCUT2D eigenvalue weighted by molar-refractivity contribution is 9.10. The number of halogens is 1. The predicted octanol–water partition coefficient (Wildman–Crippen LogP) is 7.68. The fraction of sp³-hybridized carbons (Fsp3) is 0. The highest BCUT2D eigenvalue weighted by Crippen LogP contribution is 2.38. The summed E-state index contributed by atoms with van der Waals surface area (Å²) in [5, 5.41) is 2.28. The van der Waals surface area contributed by atoms with Crippen LogP contribution in [-0.4, -0.2) is 0 Å². The number of hydrogen-bond acceptors (Lipinski definition) is 1. The van der Waals surface area contributed by atoms with E-state index >= 15 is 0 Å². The minimum absolute atomic E-state index is 0.897. The minimum atomic E-state index is 0.897. The van der Waals surface area contributed by atoms with Crippen LogP contribution in [0.3, 0.4) is 0 Å². The lowest BCUT2D eigenvalue weighted by molar-refractivity contribution is 0.668. The third-order valence-corrected chi connectivity index (χ3v) is 5.38. The Labute approximate surface area is 160 Å². The van der Waals surface area contributed by atoms with Gasteiger partial charge in [0, 0.05) is 16.3 Å². The van der Waals surface area contributed by atoms with Gasteiger partial charge in [0.2, 0.25) is 0 Å². The lowest BCUT2D eigenvalue weighted by Crippen LogP contribution is -1.82. The maximum absolute atomic E-state index is 6.27. The molecule has 26 heavy (non-hydrogen) atoms. The molecule has 2 heteroatoms. The summed E-state index contributed by atoms with van der Waals surface area (Å²) in [6.07, 6.45) is 0. The van der Waals surface area contributed by atoms with Gasteiger partial charge in [0.1, 0.15) is 11.2 Å². The van der Waals surface area contributed by atoms with E-state index in [4.69, 9.17) is 4.42 Å². The van der Waals surface area contributed by atoms with Crippen LogP contribution in [0.2, 0.25) is 0 Å². The number of rotatable bonds is 2. The number of para-hydroxylation sites is 2. The van der Waals surface area contributed by atoms with Crippen molar-refractivity contribution in [1.29, 1.82) is 0 Å². The molecule has 0 aliphatic heterocycles. The highest BCUT2D eigenvalue weighted by Gasteiger charge is 2.13. The van der Waals surface area contributed by atoms with Crippen molar-refractivity contribution in [3.05, 3.63) is 95.5 Å². The van der Waals surface area contributed by atoms with Gasteiger partial charge in [-0.25, -0.2) is 0 Å². The van der Waals surface area contributed by atoms with Gasteiger partial charge in [-0.2, -0.15) is 0 Å². The van der Waals surface area contributed by atoms with Crippen LogP contribution in [-0.2, 0) is 0 Å². The molecule has 0 N–H and O–H groups in total. The summed E-state index contributed by atoms with van der Waals surface area (Å²) in [7, 11) is 0. The van der Waals surface area contributed by atoms with Crippen LogP contribution in [0.5, 0.6) is 0 Å². The largest absolute Gasteiger partial charge is 0.454 e. The lowest BCUT2D eigenvalue weighted by atomic mass is 9.98. The lowest BCUT2D eigenvalue weighted by Gasteiger charge is -2.06. The molecule has 124 valence electrons. The van der Waals surface area contributed by atoms with E-state index in [1.807, 2.05) is 18.2 Å². The first kappa shape index (κ1) is 15.4. The molecular formula is C24H15BrO. The molecule has 5 rings (SSSR count). The topological polar surface area (TPSA) is 13.1 Å². The summed E-state index contributed by atoms with van der Waals surface area (Å²) in [6, 6.07) is 31.6. The van der Waals surface area contributed by atoms with E-state index in [9.17, 15) is 0 Å². The van der Waals surface area contributed by atoms with Crippen molar-refractivity contribution in [1.82, 2.24) is 0 Å². The number of benzene rings is 4. The van der Waals surface area contributed by atoms with Gasteiger partial charge >= 0.3 is 0 Å². The molecule has 0 unspecified atom stereocenters. The van der Waals surface area contributed by atoms with E-state index in [1.165, 1.54) is 11.1 Å². The SMILES string of the molecule is Brc1cccc2c1oc1c(-c3cccc(-c4ccccc4)c3)cccc12. The Kier molecular flexibility index (Phi) is 3.65. The van der Waals surface area contributed by atoms with Gasteiger partial charge in [0.05, 0.1) is 4.47 Å². The summed E-state index contributed by atoms with van der Waals surface area (Å²) in [4.78, 5) is 0. The van der Waals surface area contributed by atoms with E-state index < -0.39 is 0 Å². The third-order valence-electron chi connectivity index (χ3n) is 4.76. The smallest absolute Gasteiger partial charge is 0.149 e. The second-order valence-electron chi connectivity index (χ2n) is 6.35. The molecule has 1 nitrogen and oxygen atoms in total. The molecule has 0 saturated carbocycles. The number of fused-ring (bicyclic) bond motifs is 3. The van der Waals surface area contributed by atoms with Crippen LogP contribution in [0.25, 0.3) is 44.2 Å². The van der Waals surface area contributed by atoms with Crippen molar-refractivity contribution in [2.75, 3.05) is 0 Å². The first-order chi connectivity index (χ1) is 12.8. The normalized spacial score (nSPS) is 11.3. The second kappa shape index (κ2) is 6.15. The molecule has 0 spiro atoms. The zero-order chi connectivity index (χ0) is 17.5. The zero-order valence-electron chi connectivity index (χ0n) is 13.9. The molecule has 0 bridgehead atoms. The Morgan fingerprint density at radius 2 is 1.19 bits per heavy atom. The van der Waals surface area contributed by atoms with Crippen molar-refractivity contribution in [3.63, 3.8) is 0 Å². The average molecular weight is 399 g/mol. The fourth-order valence-electron chi connectivity index (χ4n) is 3.51. The summed E-state index contributed by atoms with van der Waals surface area (Å²) >= 11 is 3.60. The monoisotopic (exact) mass is 398 g/mol. The summed E-state index contributed by atoms with van der Waals surface area (Å²) in [5.74, 6) is 0. The van der Waals surface area contributed by atoms with Gasteiger partial charge in [-0.3, -0.25) is 0 Å². The van der Waals surface area contributed by atoms with Crippen molar-refractivity contribution in [3.8, 4) is 22.3 Å². The molecule has 0 saturated heterocycles. The molecule has 0 aliphatic carbocycles. The molecular weight excluding hydrogens is 384 g/mol. The first-order valence-electron chi connectivity index (χ1n) is 8.57. The van der Waals surface area contributed by atoms with E-state index in [0.29, 0.717) is 0 Å². The van der Waals surface area contributed by atoms with Crippen molar-refractivity contribution in [2.24, 2.45) is 0 Å². The van der Waals surface area contributed by atoms with E-state index in [2.05, 4.69) is 88.7 Å². The van der Waals surface area contributed by atoms with Gasteiger partial charge in [-0.05, 0) is 44.8 Å². The molecule has 1 heterocycles. The van der Waals surface area contributed by atoms with Crippen LogP contribution < -0.4 is 0 Å². The van der Waals surface area contributed by atoms with Crippen LogP contribution in [0.4, 0.5) is 0 Å². The van der Waals surface area contributed by atoms with Crippen molar-refractivity contribution < 1.29 is 4.42 Å². The summed E-state index contributed by atoms with van der Waals surface area (Å²) < 4.78 is 7.25. The summed E-state index contributed by atoms with van der Waals surface area (Å²) in [6.45, 7) is 0. The molecule has 0 amide bonds. The van der Waals surface area contributed by atoms with Crippen LogP contribution in [0.15, 0.2) is 99.9 Å². The highest BCUT2D eigenvalue weighted by atomic mass is 79.9. The van der Waals surface area contributed by atoms with Crippen molar-refractivity contribution >= 4 is 37.9 Å². The van der Waals surface area contributed by atoms with Gasteiger partial charge in [-0.1, -0.05) is 78.9 Å². The Morgan fingerprint density at radius 1 is 0.538 bits per heavy atom. The number of hydrogen-bond donors (Lipinski definition) is 0. The van der Waals surface area contributed by atoms with E-state index in [0.717, 1.165) is 37.5 Å². The maximum atomic E-state index is 6.27. The molecule has 0 radical (unpaired) electrons. The molecule has 0 atom stereocenters. The quantitative estimate of drug-likeness (QED) is 0.297. The number of furan rings is 1. The van der Waals surface area contributed by atoms with E-state index in [-0.39, 0.29) is 0 Å². The third kappa shape index (κ3) is 2.46. The predicted molar refractivity (Wildman–Crippen MR) is 112 cm³/mol. The minimum Gasteiger partial charge on any atom is -0.454 e. The van der Waals surface area contributed by atoms with Gasteiger partial charge in [0.15, 0.2) is 0 Å².